The lowest BCUT2D eigenvalue weighted by Crippen LogP contribution is -2.42. The Morgan fingerprint density at radius 2 is 1.42 bits per heavy atom. The summed E-state index contributed by atoms with van der Waals surface area (Å²) >= 11 is 0. The smallest absolute Gasteiger partial charge is 0.168 e. The molecule has 0 bridgehead atoms. The van der Waals surface area contributed by atoms with Crippen molar-refractivity contribution >= 4 is 0 Å². The number of hydrogen-bond acceptors (Lipinski definition) is 3. The summed E-state index contributed by atoms with van der Waals surface area (Å²) in [5.41, 5.74) is -0.915. The minimum absolute atomic E-state index is 0.290. The number of ether oxygens (including phenoxy) is 2. The quantitative estimate of drug-likeness (QED) is 0.852. The van der Waals surface area contributed by atoms with Crippen molar-refractivity contribution in [2.24, 2.45) is 0 Å². The number of hydrogen-bond donors (Lipinski definition) is 1. The minimum atomic E-state index is -1.20. The Morgan fingerprint density at radius 3 is 1.95 bits per heavy atom. The Morgan fingerprint density at radius 1 is 0.895 bits per heavy atom. The summed E-state index contributed by atoms with van der Waals surface area (Å²) in [5, 5.41) is 10.6. The molecule has 1 spiro atoms. The molecule has 0 unspecified atom stereocenters. The molecular formula is C14H16F2O3. The van der Waals surface area contributed by atoms with Gasteiger partial charge in [-0.05, 0) is 30.5 Å². The largest absolute Gasteiger partial charge is 0.385 e. The number of aliphatic hydroxyl groups is 1. The maximum absolute atomic E-state index is 13.2. The molecule has 104 valence electrons. The fraction of sp³-hybridized carbons (Fsp3) is 0.571. The van der Waals surface area contributed by atoms with Crippen LogP contribution >= 0.6 is 0 Å². The van der Waals surface area contributed by atoms with Gasteiger partial charge in [0.15, 0.2) is 5.79 Å². The SMILES string of the molecule is OC1(c2cc(F)cc(F)c2)CCC2(CC1)OCCO2. The lowest BCUT2D eigenvalue weighted by molar-refractivity contribution is -0.204. The second-order valence-electron chi connectivity index (χ2n) is 5.30. The molecule has 1 saturated carbocycles. The Balaban J connectivity index is 1.81. The van der Waals surface area contributed by atoms with E-state index in [0.29, 0.717) is 38.9 Å². The van der Waals surface area contributed by atoms with Crippen molar-refractivity contribution in [3.8, 4) is 0 Å². The second-order valence-corrected chi connectivity index (χ2v) is 5.30. The zero-order valence-electron chi connectivity index (χ0n) is 10.5. The number of halogens is 2. The van der Waals surface area contributed by atoms with Gasteiger partial charge in [-0.2, -0.15) is 0 Å². The molecule has 0 aromatic heterocycles. The van der Waals surface area contributed by atoms with Crippen LogP contribution in [0.15, 0.2) is 18.2 Å². The Hall–Kier alpha value is -1.04. The first-order valence-corrected chi connectivity index (χ1v) is 6.48. The van der Waals surface area contributed by atoms with Crippen molar-refractivity contribution in [1.29, 1.82) is 0 Å². The molecule has 2 fully saturated rings. The van der Waals surface area contributed by atoms with Crippen LogP contribution < -0.4 is 0 Å². The van der Waals surface area contributed by atoms with E-state index in [4.69, 9.17) is 9.47 Å². The van der Waals surface area contributed by atoms with Gasteiger partial charge in [-0.3, -0.25) is 0 Å². The van der Waals surface area contributed by atoms with Crippen LogP contribution in [0.25, 0.3) is 0 Å². The molecule has 1 aromatic carbocycles. The van der Waals surface area contributed by atoms with Crippen molar-refractivity contribution < 1.29 is 23.4 Å². The highest BCUT2D eigenvalue weighted by molar-refractivity contribution is 5.25. The lowest BCUT2D eigenvalue weighted by Gasteiger charge is -2.40. The molecule has 5 heteroatoms. The molecule has 3 nitrogen and oxygen atoms in total. The predicted octanol–water partition coefficient (Wildman–Crippen LogP) is 2.47. The van der Waals surface area contributed by atoms with Gasteiger partial charge in [0.05, 0.1) is 18.8 Å². The van der Waals surface area contributed by atoms with Crippen molar-refractivity contribution in [3.05, 3.63) is 35.4 Å². The van der Waals surface area contributed by atoms with Crippen LogP contribution in [0, 0.1) is 11.6 Å². The van der Waals surface area contributed by atoms with Crippen molar-refractivity contribution in [2.75, 3.05) is 13.2 Å². The first-order valence-electron chi connectivity index (χ1n) is 6.48. The molecule has 1 aliphatic heterocycles. The summed E-state index contributed by atoms with van der Waals surface area (Å²) in [4.78, 5) is 0. The molecule has 0 radical (unpaired) electrons. The van der Waals surface area contributed by atoms with Gasteiger partial charge in [0.2, 0.25) is 0 Å². The molecule has 2 aliphatic rings. The van der Waals surface area contributed by atoms with Crippen LogP contribution in [0.5, 0.6) is 0 Å². The van der Waals surface area contributed by atoms with E-state index in [-0.39, 0.29) is 5.56 Å². The topological polar surface area (TPSA) is 38.7 Å². The van der Waals surface area contributed by atoms with Gasteiger partial charge in [0.25, 0.3) is 0 Å². The molecule has 1 aliphatic carbocycles. The summed E-state index contributed by atoms with van der Waals surface area (Å²) in [6, 6.07) is 3.19. The summed E-state index contributed by atoms with van der Waals surface area (Å²) in [5.74, 6) is -1.94. The number of rotatable bonds is 1. The molecular weight excluding hydrogens is 254 g/mol. The average molecular weight is 270 g/mol. The summed E-state index contributed by atoms with van der Waals surface area (Å²) in [7, 11) is 0. The third-order valence-electron chi connectivity index (χ3n) is 4.05. The van der Waals surface area contributed by atoms with Gasteiger partial charge >= 0.3 is 0 Å². The Labute approximate surface area is 110 Å². The van der Waals surface area contributed by atoms with Crippen LogP contribution in [0.1, 0.15) is 31.2 Å². The van der Waals surface area contributed by atoms with Crippen molar-refractivity contribution in [1.82, 2.24) is 0 Å². The highest BCUT2D eigenvalue weighted by atomic mass is 19.1. The second kappa shape index (κ2) is 4.51. The van der Waals surface area contributed by atoms with E-state index >= 15 is 0 Å². The van der Waals surface area contributed by atoms with E-state index < -0.39 is 23.0 Å². The standard InChI is InChI=1S/C14H16F2O3/c15-11-7-10(8-12(16)9-11)13(17)1-3-14(4-2-13)18-5-6-19-14/h7-9,17H,1-6H2. The molecule has 0 amide bonds. The third kappa shape index (κ3) is 2.38. The highest BCUT2D eigenvalue weighted by Crippen LogP contribution is 2.44. The van der Waals surface area contributed by atoms with Crippen LogP contribution in [0.4, 0.5) is 8.78 Å². The fourth-order valence-electron chi connectivity index (χ4n) is 2.94. The molecule has 19 heavy (non-hydrogen) atoms. The Bertz CT molecular complexity index is 453. The van der Waals surface area contributed by atoms with Gasteiger partial charge in [-0.15, -0.1) is 0 Å². The van der Waals surface area contributed by atoms with Crippen LogP contribution in [0.3, 0.4) is 0 Å². The molecule has 1 heterocycles. The molecule has 1 N–H and O–H groups in total. The van der Waals surface area contributed by atoms with Crippen LogP contribution in [-0.2, 0) is 15.1 Å². The summed E-state index contributed by atoms with van der Waals surface area (Å²) in [6.45, 7) is 1.13. The van der Waals surface area contributed by atoms with Gasteiger partial charge in [0, 0.05) is 18.9 Å². The number of benzene rings is 1. The van der Waals surface area contributed by atoms with Gasteiger partial charge < -0.3 is 14.6 Å². The first-order chi connectivity index (χ1) is 9.01. The molecule has 1 aromatic rings. The highest BCUT2D eigenvalue weighted by Gasteiger charge is 2.46. The van der Waals surface area contributed by atoms with Crippen LogP contribution in [0.2, 0.25) is 0 Å². The lowest BCUT2D eigenvalue weighted by atomic mass is 9.77. The Kier molecular flexibility index (Phi) is 3.08. The average Bonchev–Trinajstić information content (AvgIpc) is 2.81. The predicted molar refractivity (Wildman–Crippen MR) is 63.4 cm³/mol. The van der Waals surface area contributed by atoms with E-state index in [9.17, 15) is 13.9 Å². The minimum Gasteiger partial charge on any atom is -0.385 e. The normalized spacial score (nSPS) is 24.8. The van der Waals surface area contributed by atoms with Gasteiger partial charge in [0.1, 0.15) is 11.6 Å². The summed E-state index contributed by atoms with van der Waals surface area (Å²) in [6.07, 6.45) is 1.80. The maximum atomic E-state index is 13.2. The van der Waals surface area contributed by atoms with E-state index in [1.165, 1.54) is 12.1 Å². The van der Waals surface area contributed by atoms with E-state index in [0.717, 1.165) is 6.07 Å². The first kappa shape index (κ1) is 13.0. The zero-order chi connectivity index (χ0) is 13.5. The fourth-order valence-corrected chi connectivity index (χ4v) is 2.94. The van der Waals surface area contributed by atoms with Crippen molar-refractivity contribution in [3.63, 3.8) is 0 Å². The van der Waals surface area contributed by atoms with Crippen molar-refractivity contribution in [2.45, 2.75) is 37.1 Å². The van der Waals surface area contributed by atoms with E-state index in [2.05, 4.69) is 0 Å². The summed E-state index contributed by atoms with van der Waals surface area (Å²) < 4.78 is 37.6. The van der Waals surface area contributed by atoms with Crippen LogP contribution in [-0.4, -0.2) is 24.1 Å². The molecule has 3 rings (SSSR count). The van der Waals surface area contributed by atoms with E-state index in [1.54, 1.807) is 0 Å². The maximum Gasteiger partial charge on any atom is 0.168 e. The molecule has 1 saturated heterocycles. The van der Waals surface area contributed by atoms with Gasteiger partial charge in [-0.1, -0.05) is 0 Å². The molecule has 0 atom stereocenters. The van der Waals surface area contributed by atoms with Gasteiger partial charge in [-0.25, -0.2) is 8.78 Å². The van der Waals surface area contributed by atoms with E-state index in [1.807, 2.05) is 0 Å². The monoisotopic (exact) mass is 270 g/mol. The zero-order valence-corrected chi connectivity index (χ0v) is 10.5. The third-order valence-corrected chi connectivity index (χ3v) is 4.05.